The first-order chi connectivity index (χ1) is 11.5. The Morgan fingerprint density at radius 3 is 2.75 bits per heavy atom. The molecule has 0 unspecified atom stereocenters. The zero-order chi connectivity index (χ0) is 17.3. The Morgan fingerprint density at radius 1 is 1.25 bits per heavy atom. The number of nitrogens with one attached hydrogen (secondary N) is 1. The topological polar surface area (TPSA) is 64.0 Å². The van der Waals surface area contributed by atoms with Gasteiger partial charge in [-0.15, -0.1) is 0 Å². The van der Waals surface area contributed by atoms with Crippen LogP contribution >= 0.6 is 11.6 Å². The number of anilines is 1. The fraction of sp³-hybridized carbons (Fsp3) is 0.167. The maximum absolute atomic E-state index is 12.4. The van der Waals surface area contributed by atoms with Crippen LogP contribution in [0.25, 0.3) is 10.9 Å². The normalized spacial score (nSPS) is 10.8. The van der Waals surface area contributed by atoms with Gasteiger partial charge in [0.15, 0.2) is 0 Å². The van der Waals surface area contributed by atoms with Crippen LogP contribution in [0.15, 0.2) is 47.5 Å². The van der Waals surface area contributed by atoms with E-state index in [1.54, 1.807) is 24.3 Å². The average Bonchev–Trinajstić information content (AvgIpc) is 2.54. The Labute approximate surface area is 143 Å². The van der Waals surface area contributed by atoms with Crippen molar-refractivity contribution in [1.29, 1.82) is 0 Å². The van der Waals surface area contributed by atoms with Crippen LogP contribution in [0, 0.1) is 13.8 Å². The Kier molecular flexibility index (Phi) is 4.36. The molecule has 3 aromatic rings. The maximum Gasteiger partial charge on any atom is 0.261 e. The number of para-hydroxylation sites is 1. The van der Waals surface area contributed by atoms with Gasteiger partial charge in [-0.1, -0.05) is 29.8 Å². The summed E-state index contributed by atoms with van der Waals surface area (Å²) in [5, 5.41) is 3.73. The molecule has 0 aliphatic heterocycles. The van der Waals surface area contributed by atoms with Crippen LogP contribution < -0.4 is 10.9 Å². The van der Waals surface area contributed by atoms with Gasteiger partial charge in [-0.3, -0.25) is 14.2 Å². The van der Waals surface area contributed by atoms with Crippen molar-refractivity contribution in [2.75, 3.05) is 5.32 Å². The molecule has 0 aliphatic rings. The number of carbonyl (C=O) groups excluding carboxylic acids is 1. The summed E-state index contributed by atoms with van der Waals surface area (Å²) < 4.78 is 1.29. The zero-order valence-electron chi connectivity index (χ0n) is 13.3. The highest BCUT2D eigenvalue weighted by molar-refractivity contribution is 6.34. The third kappa shape index (κ3) is 3.16. The Balaban J connectivity index is 1.86. The summed E-state index contributed by atoms with van der Waals surface area (Å²) in [6.45, 7) is 3.68. The van der Waals surface area contributed by atoms with Crippen molar-refractivity contribution in [2.45, 2.75) is 20.4 Å². The summed E-state index contributed by atoms with van der Waals surface area (Å²) in [5.74, 6) is -0.331. The van der Waals surface area contributed by atoms with Gasteiger partial charge in [-0.05, 0) is 43.2 Å². The Morgan fingerprint density at radius 2 is 2.00 bits per heavy atom. The monoisotopic (exact) mass is 341 g/mol. The second kappa shape index (κ2) is 6.45. The summed E-state index contributed by atoms with van der Waals surface area (Å²) in [6.07, 6.45) is 1.38. The van der Waals surface area contributed by atoms with Gasteiger partial charge in [0.2, 0.25) is 5.91 Å². The van der Waals surface area contributed by atoms with Gasteiger partial charge in [-0.25, -0.2) is 4.98 Å². The fourth-order valence-electron chi connectivity index (χ4n) is 2.63. The summed E-state index contributed by atoms with van der Waals surface area (Å²) in [5.41, 5.74) is 2.82. The first-order valence-electron chi connectivity index (χ1n) is 7.46. The van der Waals surface area contributed by atoms with Crippen LogP contribution in [0.3, 0.4) is 0 Å². The van der Waals surface area contributed by atoms with Crippen molar-refractivity contribution in [1.82, 2.24) is 9.55 Å². The molecule has 3 rings (SSSR count). The van der Waals surface area contributed by atoms with Gasteiger partial charge in [0.1, 0.15) is 6.54 Å². The van der Waals surface area contributed by atoms with Crippen molar-refractivity contribution in [2.24, 2.45) is 0 Å². The van der Waals surface area contributed by atoms with Crippen LogP contribution in [0.2, 0.25) is 5.02 Å². The molecule has 0 saturated carbocycles. The van der Waals surface area contributed by atoms with Gasteiger partial charge in [0, 0.05) is 0 Å². The van der Waals surface area contributed by atoms with E-state index in [0.29, 0.717) is 21.6 Å². The third-order valence-electron chi connectivity index (χ3n) is 3.74. The van der Waals surface area contributed by atoms with Crippen LogP contribution in [0.5, 0.6) is 0 Å². The minimum Gasteiger partial charge on any atom is -0.323 e. The second-order valence-corrected chi connectivity index (χ2v) is 6.09. The molecular formula is C18H16ClN3O2. The Bertz CT molecular complexity index is 972. The molecule has 24 heavy (non-hydrogen) atoms. The van der Waals surface area contributed by atoms with E-state index < -0.39 is 0 Å². The smallest absolute Gasteiger partial charge is 0.261 e. The van der Waals surface area contributed by atoms with Crippen LogP contribution in [-0.2, 0) is 11.3 Å². The molecule has 1 amide bonds. The molecule has 0 spiro atoms. The highest BCUT2D eigenvalue weighted by Gasteiger charge is 2.12. The number of halogens is 1. The van der Waals surface area contributed by atoms with E-state index in [0.717, 1.165) is 11.1 Å². The van der Waals surface area contributed by atoms with Gasteiger partial charge in [0.05, 0.1) is 27.9 Å². The molecule has 0 fully saturated rings. The lowest BCUT2D eigenvalue weighted by Gasteiger charge is -2.12. The predicted octanol–water partition coefficient (Wildman–Crippen LogP) is 3.31. The van der Waals surface area contributed by atoms with Crippen molar-refractivity contribution in [3.8, 4) is 0 Å². The number of hydrogen-bond acceptors (Lipinski definition) is 3. The predicted molar refractivity (Wildman–Crippen MR) is 95.6 cm³/mol. The fourth-order valence-corrected chi connectivity index (χ4v) is 2.99. The average molecular weight is 342 g/mol. The second-order valence-electron chi connectivity index (χ2n) is 5.68. The quantitative estimate of drug-likeness (QED) is 0.795. The highest BCUT2D eigenvalue weighted by Crippen LogP contribution is 2.27. The summed E-state index contributed by atoms with van der Waals surface area (Å²) in [6, 6.07) is 10.8. The molecule has 5 nitrogen and oxygen atoms in total. The third-order valence-corrected chi connectivity index (χ3v) is 4.04. The summed E-state index contributed by atoms with van der Waals surface area (Å²) in [4.78, 5) is 28.9. The molecule has 6 heteroatoms. The molecule has 122 valence electrons. The molecule has 0 bridgehead atoms. The van der Waals surface area contributed by atoms with Crippen molar-refractivity contribution >= 4 is 34.1 Å². The molecule has 0 saturated heterocycles. The first kappa shape index (κ1) is 16.2. The maximum atomic E-state index is 12.4. The summed E-state index contributed by atoms with van der Waals surface area (Å²) >= 11 is 6.20. The highest BCUT2D eigenvalue weighted by atomic mass is 35.5. The number of benzene rings is 2. The minimum atomic E-state index is -0.331. The van der Waals surface area contributed by atoms with Gasteiger partial charge in [-0.2, -0.15) is 0 Å². The number of amides is 1. The molecule has 1 N–H and O–H groups in total. The lowest BCUT2D eigenvalue weighted by molar-refractivity contribution is -0.116. The first-order valence-corrected chi connectivity index (χ1v) is 7.84. The number of aryl methyl sites for hydroxylation is 2. The van der Waals surface area contributed by atoms with Crippen molar-refractivity contribution < 1.29 is 4.79 Å². The Hall–Kier alpha value is -2.66. The molecule has 1 aromatic heterocycles. The number of nitrogens with zero attached hydrogens (tertiary/aromatic N) is 2. The molecular weight excluding hydrogens is 326 g/mol. The lowest BCUT2D eigenvalue weighted by Crippen LogP contribution is -2.28. The lowest BCUT2D eigenvalue weighted by atomic mass is 10.1. The minimum absolute atomic E-state index is 0.125. The van der Waals surface area contributed by atoms with Gasteiger partial charge in [0.25, 0.3) is 5.56 Å². The van der Waals surface area contributed by atoms with Crippen molar-refractivity contribution in [3.63, 3.8) is 0 Å². The van der Waals surface area contributed by atoms with Crippen LogP contribution in [0.4, 0.5) is 5.69 Å². The summed E-state index contributed by atoms with van der Waals surface area (Å²) in [7, 11) is 0. The van der Waals surface area contributed by atoms with E-state index in [-0.39, 0.29) is 18.0 Å². The van der Waals surface area contributed by atoms with E-state index in [1.165, 1.54) is 10.9 Å². The zero-order valence-corrected chi connectivity index (χ0v) is 14.1. The van der Waals surface area contributed by atoms with E-state index in [1.807, 2.05) is 26.0 Å². The molecule has 0 radical (unpaired) electrons. The van der Waals surface area contributed by atoms with Crippen molar-refractivity contribution in [3.05, 3.63) is 69.2 Å². The number of fused-ring (bicyclic) bond motifs is 1. The number of hydrogen-bond donors (Lipinski definition) is 1. The van der Waals surface area contributed by atoms with Crippen LogP contribution in [0.1, 0.15) is 11.1 Å². The number of aromatic nitrogens is 2. The SMILES string of the molecule is Cc1cc(C)c(NC(=O)Cn2cnc3ccccc3c2=O)c(Cl)c1. The van der Waals surface area contributed by atoms with E-state index in [4.69, 9.17) is 11.6 Å². The van der Waals surface area contributed by atoms with Crippen LogP contribution in [-0.4, -0.2) is 15.5 Å². The van der Waals surface area contributed by atoms with Gasteiger partial charge < -0.3 is 5.32 Å². The number of carbonyl (C=O) groups is 1. The largest absolute Gasteiger partial charge is 0.323 e. The molecule has 0 atom stereocenters. The van der Waals surface area contributed by atoms with E-state index >= 15 is 0 Å². The number of rotatable bonds is 3. The van der Waals surface area contributed by atoms with E-state index in [9.17, 15) is 9.59 Å². The molecule has 1 heterocycles. The molecule has 0 aliphatic carbocycles. The standard InChI is InChI=1S/C18H16ClN3O2/c1-11-7-12(2)17(14(19)8-11)21-16(23)9-22-10-20-15-6-4-3-5-13(15)18(22)24/h3-8,10H,9H2,1-2H3,(H,21,23). The molecule has 2 aromatic carbocycles. The van der Waals surface area contributed by atoms with E-state index in [2.05, 4.69) is 10.3 Å². The van der Waals surface area contributed by atoms with Gasteiger partial charge >= 0.3 is 0 Å².